The molecule has 1 atom stereocenters. The molecular weight excluding hydrogens is 232 g/mol. The Balaban J connectivity index is 2.07. The van der Waals surface area contributed by atoms with Crippen LogP contribution in [0.5, 0.6) is 0 Å². The van der Waals surface area contributed by atoms with Crippen molar-refractivity contribution in [3.05, 3.63) is 54.2 Å². The molecular formula is C17H22N2. The molecule has 0 aromatic carbocycles. The van der Waals surface area contributed by atoms with Crippen LogP contribution in [-0.2, 0) is 0 Å². The Kier molecular flexibility index (Phi) is 5.08. The summed E-state index contributed by atoms with van der Waals surface area (Å²) in [5.74, 6) is 1.14. The lowest BCUT2D eigenvalue weighted by molar-refractivity contribution is 0.740. The van der Waals surface area contributed by atoms with Crippen molar-refractivity contribution in [2.75, 3.05) is 0 Å². The Bertz CT molecular complexity index is 480. The number of aromatic nitrogens is 2. The van der Waals surface area contributed by atoms with Crippen molar-refractivity contribution in [1.82, 2.24) is 9.97 Å². The van der Waals surface area contributed by atoms with E-state index in [0.29, 0.717) is 0 Å². The second-order valence-electron chi connectivity index (χ2n) is 5.00. The summed E-state index contributed by atoms with van der Waals surface area (Å²) in [6, 6.07) is 0. The molecule has 1 unspecified atom stereocenters. The van der Waals surface area contributed by atoms with Crippen LogP contribution in [0, 0.1) is 0 Å². The van der Waals surface area contributed by atoms with Gasteiger partial charge in [-0.3, -0.25) is 0 Å². The van der Waals surface area contributed by atoms with Gasteiger partial charge in [0.05, 0.1) is 0 Å². The third-order valence-corrected chi connectivity index (χ3v) is 3.44. The van der Waals surface area contributed by atoms with Gasteiger partial charge in [-0.1, -0.05) is 37.3 Å². The van der Waals surface area contributed by atoms with Crippen LogP contribution in [0.25, 0.3) is 5.57 Å². The fourth-order valence-corrected chi connectivity index (χ4v) is 2.27. The minimum absolute atomic E-state index is 0.255. The van der Waals surface area contributed by atoms with E-state index < -0.39 is 0 Å². The molecule has 19 heavy (non-hydrogen) atoms. The minimum Gasteiger partial charge on any atom is -0.240 e. The molecule has 1 heterocycles. The van der Waals surface area contributed by atoms with Crippen molar-refractivity contribution in [3.63, 3.8) is 0 Å². The molecule has 2 heteroatoms. The molecule has 0 spiro atoms. The predicted molar refractivity (Wildman–Crippen MR) is 80.8 cm³/mol. The maximum Gasteiger partial charge on any atom is 0.134 e. The van der Waals surface area contributed by atoms with Crippen molar-refractivity contribution in [1.29, 1.82) is 0 Å². The summed E-state index contributed by atoms with van der Waals surface area (Å²) in [6.07, 6.45) is 19.4. The van der Waals surface area contributed by atoms with E-state index in [2.05, 4.69) is 29.0 Å². The standard InChI is InChI=1S/C17H22N2/c1-3-4-6-9-14(2)17-18-12-16(13-19-17)15-10-7-5-8-11-15/h3-4,6,9-10,12-14H,5,7-8,11H2,1-2H3/b4-3-,9-6-. The largest absolute Gasteiger partial charge is 0.240 e. The molecule has 0 aliphatic heterocycles. The lowest BCUT2D eigenvalue weighted by atomic mass is 9.95. The molecule has 2 nitrogen and oxygen atoms in total. The smallest absolute Gasteiger partial charge is 0.134 e. The fourth-order valence-electron chi connectivity index (χ4n) is 2.27. The molecule has 100 valence electrons. The first-order valence-corrected chi connectivity index (χ1v) is 7.12. The van der Waals surface area contributed by atoms with Gasteiger partial charge in [-0.2, -0.15) is 0 Å². The first-order chi connectivity index (χ1) is 9.31. The fraction of sp³-hybridized carbons (Fsp3) is 0.412. The highest BCUT2D eigenvalue weighted by Crippen LogP contribution is 2.26. The maximum absolute atomic E-state index is 4.51. The summed E-state index contributed by atoms with van der Waals surface area (Å²) in [5.41, 5.74) is 2.60. The number of hydrogen-bond acceptors (Lipinski definition) is 2. The van der Waals surface area contributed by atoms with Gasteiger partial charge in [0.2, 0.25) is 0 Å². The molecule has 0 N–H and O–H groups in total. The zero-order valence-corrected chi connectivity index (χ0v) is 11.8. The van der Waals surface area contributed by atoms with E-state index >= 15 is 0 Å². The van der Waals surface area contributed by atoms with Crippen LogP contribution in [0.1, 0.15) is 56.8 Å². The summed E-state index contributed by atoms with van der Waals surface area (Å²) in [7, 11) is 0. The highest BCUT2D eigenvalue weighted by Gasteiger charge is 2.09. The first kappa shape index (κ1) is 13.7. The molecule has 1 aliphatic carbocycles. The van der Waals surface area contributed by atoms with Crippen molar-refractivity contribution < 1.29 is 0 Å². The minimum atomic E-state index is 0.255. The Labute approximate surface area is 116 Å². The van der Waals surface area contributed by atoms with Crippen LogP contribution < -0.4 is 0 Å². The molecule has 1 aromatic rings. The van der Waals surface area contributed by atoms with Crippen LogP contribution in [0.2, 0.25) is 0 Å². The third-order valence-electron chi connectivity index (χ3n) is 3.44. The van der Waals surface area contributed by atoms with E-state index in [-0.39, 0.29) is 5.92 Å². The van der Waals surface area contributed by atoms with Crippen molar-refractivity contribution in [2.45, 2.75) is 45.4 Å². The molecule has 0 saturated heterocycles. The van der Waals surface area contributed by atoms with Gasteiger partial charge in [-0.25, -0.2) is 9.97 Å². The summed E-state index contributed by atoms with van der Waals surface area (Å²) in [5, 5.41) is 0. The van der Waals surface area contributed by atoms with Crippen LogP contribution in [0.4, 0.5) is 0 Å². The molecule has 0 bridgehead atoms. The van der Waals surface area contributed by atoms with Crippen LogP contribution in [0.15, 0.2) is 42.8 Å². The van der Waals surface area contributed by atoms with Crippen molar-refractivity contribution in [2.24, 2.45) is 0 Å². The van der Waals surface area contributed by atoms with Gasteiger partial charge in [-0.05, 0) is 38.2 Å². The molecule has 1 aliphatic rings. The van der Waals surface area contributed by atoms with E-state index in [1.54, 1.807) is 0 Å². The zero-order valence-electron chi connectivity index (χ0n) is 11.8. The van der Waals surface area contributed by atoms with Crippen molar-refractivity contribution in [3.8, 4) is 0 Å². The third kappa shape index (κ3) is 3.88. The van der Waals surface area contributed by atoms with Gasteiger partial charge < -0.3 is 0 Å². The Morgan fingerprint density at radius 2 is 1.95 bits per heavy atom. The topological polar surface area (TPSA) is 25.8 Å². The molecule has 0 amide bonds. The van der Waals surface area contributed by atoms with Crippen LogP contribution in [0.3, 0.4) is 0 Å². The number of hydrogen-bond donors (Lipinski definition) is 0. The lowest BCUT2D eigenvalue weighted by Gasteiger charge is -2.13. The van der Waals surface area contributed by atoms with E-state index in [1.165, 1.54) is 36.8 Å². The summed E-state index contributed by atoms with van der Waals surface area (Å²) >= 11 is 0. The number of rotatable bonds is 4. The zero-order chi connectivity index (χ0) is 13.5. The Hall–Kier alpha value is -1.70. The second kappa shape index (κ2) is 7.03. The summed E-state index contributed by atoms with van der Waals surface area (Å²) in [6.45, 7) is 4.13. The van der Waals surface area contributed by atoms with E-state index in [4.69, 9.17) is 0 Å². The van der Waals surface area contributed by atoms with E-state index in [1.807, 2.05) is 37.5 Å². The second-order valence-corrected chi connectivity index (χ2v) is 5.00. The molecule has 0 radical (unpaired) electrons. The molecule has 0 saturated carbocycles. The van der Waals surface area contributed by atoms with Gasteiger partial charge >= 0.3 is 0 Å². The number of nitrogens with zero attached hydrogens (tertiary/aromatic N) is 2. The van der Waals surface area contributed by atoms with Gasteiger partial charge in [0.1, 0.15) is 5.82 Å². The Morgan fingerprint density at radius 1 is 1.16 bits per heavy atom. The Morgan fingerprint density at radius 3 is 2.58 bits per heavy atom. The van der Waals surface area contributed by atoms with Gasteiger partial charge in [0, 0.05) is 23.9 Å². The van der Waals surface area contributed by atoms with Gasteiger partial charge in [0.15, 0.2) is 0 Å². The SMILES string of the molecule is C/C=C\C=C/C(C)c1ncc(C2=CCCCC2)cn1. The van der Waals surface area contributed by atoms with Crippen LogP contribution in [-0.4, -0.2) is 9.97 Å². The van der Waals surface area contributed by atoms with Crippen molar-refractivity contribution >= 4 is 5.57 Å². The van der Waals surface area contributed by atoms with Crippen LogP contribution >= 0.6 is 0 Å². The highest BCUT2D eigenvalue weighted by molar-refractivity contribution is 5.64. The quantitative estimate of drug-likeness (QED) is 0.730. The average molecular weight is 254 g/mol. The normalized spacial score (nSPS) is 17.9. The highest BCUT2D eigenvalue weighted by atomic mass is 14.9. The maximum atomic E-state index is 4.51. The summed E-state index contributed by atoms with van der Waals surface area (Å²) in [4.78, 5) is 9.01. The molecule has 0 fully saturated rings. The van der Waals surface area contributed by atoms with Gasteiger partial charge in [-0.15, -0.1) is 0 Å². The van der Waals surface area contributed by atoms with E-state index in [9.17, 15) is 0 Å². The monoisotopic (exact) mass is 254 g/mol. The average Bonchev–Trinajstić information content (AvgIpc) is 2.48. The molecule has 2 rings (SSSR count). The number of allylic oxidation sites excluding steroid dienone is 6. The van der Waals surface area contributed by atoms with E-state index in [0.717, 1.165) is 5.82 Å². The lowest BCUT2D eigenvalue weighted by Crippen LogP contribution is -2.00. The van der Waals surface area contributed by atoms with Gasteiger partial charge in [0.25, 0.3) is 0 Å². The molecule has 1 aromatic heterocycles. The summed E-state index contributed by atoms with van der Waals surface area (Å²) < 4.78 is 0. The predicted octanol–water partition coefficient (Wildman–Crippen LogP) is 4.67. The first-order valence-electron chi connectivity index (χ1n) is 7.12.